The number of thiazole rings is 1. The molecule has 7 nitrogen and oxygen atoms in total. The van der Waals surface area contributed by atoms with Crippen molar-refractivity contribution in [3.63, 3.8) is 0 Å². The zero-order chi connectivity index (χ0) is 20.2. The number of benzene rings is 1. The first-order valence-corrected chi connectivity index (χ1v) is 10.5. The fourth-order valence-electron chi connectivity index (χ4n) is 3.47. The van der Waals surface area contributed by atoms with Crippen LogP contribution in [0.25, 0.3) is 4.96 Å². The standard InChI is InChI=1S/C21H22N4O3S/c26-18-8-4-10-24(18)11-5-9-22-19(27)17-13-23-21-25(20(17)28)14-16(29-21)12-15-6-2-1-3-7-15/h1-3,6-7,13-14H,4-5,8-12H2,(H,22,27). The van der Waals surface area contributed by atoms with Gasteiger partial charge in [-0.1, -0.05) is 30.3 Å². The first kappa shape index (κ1) is 19.3. The van der Waals surface area contributed by atoms with Crippen LogP contribution in [0.3, 0.4) is 0 Å². The smallest absolute Gasteiger partial charge is 0.271 e. The maximum absolute atomic E-state index is 12.7. The molecular formula is C21H22N4O3S. The lowest BCUT2D eigenvalue weighted by molar-refractivity contribution is -0.127. The molecule has 3 heterocycles. The van der Waals surface area contributed by atoms with Gasteiger partial charge < -0.3 is 10.2 Å². The molecule has 1 aromatic carbocycles. The second kappa shape index (κ2) is 8.57. The van der Waals surface area contributed by atoms with Crippen molar-refractivity contribution in [3.8, 4) is 0 Å². The Labute approximate surface area is 172 Å². The molecule has 150 valence electrons. The molecule has 29 heavy (non-hydrogen) atoms. The van der Waals surface area contributed by atoms with Crippen LogP contribution in [-0.2, 0) is 11.2 Å². The first-order valence-electron chi connectivity index (χ1n) is 9.72. The van der Waals surface area contributed by atoms with Crippen molar-refractivity contribution in [2.75, 3.05) is 19.6 Å². The lowest BCUT2D eigenvalue weighted by Crippen LogP contribution is -2.34. The van der Waals surface area contributed by atoms with Gasteiger partial charge in [0.2, 0.25) is 5.91 Å². The number of aromatic nitrogens is 2. The second-order valence-electron chi connectivity index (χ2n) is 7.08. The summed E-state index contributed by atoms with van der Waals surface area (Å²) in [5.74, 6) is -0.256. The van der Waals surface area contributed by atoms with Crippen molar-refractivity contribution >= 4 is 28.1 Å². The van der Waals surface area contributed by atoms with Gasteiger partial charge in [-0.05, 0) is 18.4 Å². The van der Waals surface area contributed by atoms with Crippen LogP contribution in [0.2, 0.25) is 0 Å². The summed E-state index contributed by atoms with van der Waals surface area (Å²) < 4.78 is 1.45. The van der Waals surface area contributed by atoms with Crippen molar-refractivity contribution in [2.24, 2.45) is 0 Å². The minimum absolute atomic E-state index is 0.0313. The van der Waals surface area contributed by atoms with Gasteiger partial charge in [0.05, 0.1) is 0 Å². The van der Waals surface area contributed by atoms with E-state index in [0.717, 1.165) is 23.4 Å². The summed E-state index contributed by atoms with van der Waals surface area (Å²) in [4.78, 5) is 44.4. The zero-order valence-corrected chi connectivity index (χ0v) is 16.8. The Morgan fingerprint density at radius 3 is 2.79 bits per heavy atom. The maximum atomic E-state index is 12.7. The highest BCUT2D eigenvalue weighted by molar-refractivity contribution is 7.17. The van der Waals surface area contributed by atoms with E-state index in [2.05, 4.69) is 10.3 Å². The Kier molecular flexibility index (Phi) is 5.71. The van der Waals surface area contributed by atoms with E-state index in [0.29, 0.717) is 37.3 Å². The number of nitrogens with zero attached hydrogens (tertiary/aromatic N) is 3. The summed E-state index contributed by atoms with van der Waals surface area (Å²) in [5, 5.41) is 2.76. The molecule has 1 aliphatic heterocycles. The molecule has 3 aromatic rings. The van der Waals surface area contributed by atoms with Crippen LogP contribution in [0.4, 0.5) is 0 Å². The average molecular weight is 410 g/mol. The van der Waals surface area contributed by atoms with Crippen LogP contribution in [0.1, 0.15) is 40.1 Å². The molecule has 0 unspecified atom stereocenters. The number of rotatable bonds is 7. The molecule has 1 fully saturated rings. The number of hydrogen-bond donors (Lipinski definition) is 1. The van der Waals surface area contributed by atoms with Crippen LogP contribution in [-0.4, -0.2) is 45.7 Å². The van der Waals surface area contributed by atoms with Crippen molar-refractivity contribution < 1.29 is 9.59 Å². The highest BCUT2D eigenvalue weighted by Gasteiger charge is 2.19. The molecular weight excluding hydrogens is 388 g/mol. The molecule has 1 saturated heterocycles. The third-order valence-electron chi connectivity index (χ3n) is 4.98. The number of likely N-dealkylation sites (tertiary alicyclic amines) is 1. The van der Waals surface area contributed by atoms with E-state index in [1.807, 2.05) is 35.2 Å². The Morgan fingerprint density at radius 1 is 1.21 bits per heavy atom. The van der Waals surface area contributed by atoms with Crippen molar-refractivity contribution in [1.29, 1.82) is 0 Å². The van der Waals surface area contributed by atoms with Gasteiger partial charge in [-0.2, -0.15) is 0 Å². The molecule has 0 atom stereocenters. The van der Waals surface area contributed by atoms with Gasteiger partial charge >= 0.3 is 0 Å². The van der Waals surface area contributed by atoms with Gasteiger partial charge in [0.15, 0.2) is 4.96 Å². The molecule has 0 saturated carbocycles. The summed E-state index contributed by atoms with van der Waals surface area (Å²) in [6.07, 6.45) is 6.00. The van der Waals surface area contributed by atoms with Crippen LogP contribution >= 0.6 is 11.3 Å². The van der Waals surface area contributed by atoms with Gasteiger partial charge in [-0.3, -0.25) is 18.8 Å². The molecule has 4 rings (SSSR count). The minimum Gasteiger partial charge on any atom is -0.352 e. The van der Waals surface area contributed by atoms with Crippen LogP contribution in [0.15, 0.2) is 47.5 Å². The highest BCUT2D eigenvalue weighted by atomic mass is 32.1. The molecule has 0 aliphatic carbocycles. The fraction of sp³-hybridized carbons (Fsp3) is 0.333. The lowest BCUT2D eigenvalue weighted by atomic mass is 10.1. The van der Waals surface area contributed by atoms with Crippen LogP contribution in [0, 0.1) is 0 Å². The number of carbonyl (C=O) groups excluding carboxylic acids is 2. The molecule has 8 heteroatoms. The number of nitrogens with one attached hydrogen (secondary N) is 1. The molecule has 2 aromatic heterocycles. The van der Waals surface area contributed by atoms with Gasteiger partial charge in [0.1, 0.15) is 5.56 Å². The monoisotopic (exact) mass is 410 g/mol. The van der Waals surface area contributed by atoms with E-state index < -0.39 is 5.91 Å². The summed E-state index contributed by atoms with van der Waals surface area (Å²) in [7, 11) is 0. The first-order chi connectivity index (χ1) is 14.1. The molecule has 1 aliphatic rings. The predicted octanol–water partition coefficient (Wildman–Crippen LogP) is 2.09. The van der Waals surface area contributed by atoms with E-state index in [9.17, 15) is 14.4 Å². The minimum atomic E-state index is -0.430. The third-order valence-corrected chi connectivity index (χ3v) is 5.98. The van der Waals surface area contributed by atoms with E-state index in [-0.39, 0.29) is 17.0 Å². The predicted molar refractivity (Wildman–Crippen MR) is 111 cm³/mol. The van der Waals surface area contributed by atoms with E-state index in [1.54, 1.807) is 6.20 Å². The number of fused-ring (bicyclic) bond motifs is 1. The lowest BCUT2D eigenvalue weighted by Gasteiger charge is -2.15. The largest absolute Gasteiger partial charge is 0.352 e. The Balaban J connectivity index is 1.40. The summed E-state index contributed by atoms with van der Waals surface area (Å²) >= 11 is 1.45. The van der Waals surface area contributed by atoms with Crippen molar-refractivity contribution in [1.82, 2.24) is 19.6 Å². The fourth-order valence-corrected chi connectivity index (χ4v) is 4.44. The molecule has 0 radical (unpaired) electrons. The normalized spacial score (nSPS) is 13.9. The second-order valence-corrected chi connectivity index (χ2v) is 8.18. The SMILES string of the molecule is O=C(NCCCN1CCCC1=O)c1cnc2sc(Cc3ccccc3)cn2c1=O. The summed E-state index contributed by atoms with van der Waals surface area (Å²) in [6.45, 7) is 1.83. The van der Waals surface area contributed by atoms with E-state index >= 15 is 0 Å². The van der Waals surface area contributed by atoms with E-state index in [4.69, 9.17) is 0 Å². The number of hydrogen-bond acceptors (Lipinski definition) is 5. The van der Waals surface area contributed by atoms with Gasteiger partial charge in [0, 0.05) is 49.7 Å². The molecule has 0 spiro atoms. The Bertz CT molecular complexity index is 1090. The topological polar surface area (TPSA) is 83.8 Å². The summed E-state index contributed by atoms with van der Waals surface area (Å²) in [5.41, 5.74) is 0.822. The highest BCUT2D eigenvalue weighted by Crippen LogP contribution is 2.18. The Morgan fingerprint density at radius 2 is 2.03 bits per heavy atom. The van der Waals surface area contributed by atoms with E-state index in [1.165, 1.54) is 21.9 Å². The average Bonchev–Trinajstić information content (AvgIpc) is 3.32. The van der Waals surface area contributed by atoms with Gasteiger partial charge in [0.25, 0.3) is 11.5 Å². The Hall–Kier alpha value is -3.00. The van der Waals surface area contributed by atoms with Crippen molar-refractivity contribution in [2.45, 2.75) is 25.7 Å². The maximum Gasteiger partial charge on any atom is 0.271 e. The summed E-state index contributed by atoms with van der Waals surface area (Å²) in [6, 6.07) is 10.0. The number of amides is 2. The van der Waals surface area contributed by atoms with Crippen LogP contribution in [0.5, 0.6) is 0 Å². The van der Waals surface area contributed by atoms with Crippen LogP contribution < -0.4 is 10.9 Å². The van der Waals surface area contributed by atoms with Gasteiger partial charge in [-0.15, -0.1) is 11.3 Å². The number of carbonyl (C=O) groups is 2. The molecule has 2 amide bonds. The quantitative estimate of drug-likeness (QED) is 0.605. The molecule has 1 N–H and O–H groups in total. The van der Waals surface area contributed by atoms with Crippen molar-refractivity contribution in [3.05, 3.63) is 69.1 Å². The van der Waals surface area contributed by atoms with Gasteiger partial charge in [-0.25, -0.2) is 4.98 Å². The third kappa shape index (κ3) is 4.37. The molecule has 0 bridgehead atoms. The zero-order valence-electron chi connectivity index (χ0n) is 16.0.